The van der Waals surface area contributed by atoms with Gasteiger partial charge in [0.15, 0.2) is 0 Å². The Morgan fingerprint density at radius 1 is 0.571 bits per heavy atom. The van der Waals surface area contributed by atoms with Gasteiger partial charge in [0.05, 0.1) is 0 Å². The minimum Gasteiger partial charge on any atom is -0.463 e. The monoisotopic (exact) mass is 498 g/mol. The molecule has 0 unspecified atom stereocenters. The summed E-state index contributed by atoms with van der Waals surface area (Å²) in [5.74, 6) is 0.275. The van der Waals surface area contributed by atoms with Gasteiger partial charge in [-0.05, 0) is 18.8 Å². The molecule has 208 valence electrons. The first-order valence-corrected chi connectivity index (χ1v) is 14.9. The van der Waals surface area contributed by atoms with Crippen LogP contribution in [0.15, 0.2) is 0 Å². The van der Waals surface area contributed by atoms with E-state index in [1.807, 2.05) is 0 Å². The molecule has 0 aromatic heterocycles. The zero-order valence-corrected chi connectivity index (χ0v) is 23.5. The molecule has 0 aliphatic rings. The smallest absolute Gasteiger partial charge is 0.305 e. The van der Waals surface area contributed by atoms with Gasteiger partial charge in [-0.2, -0.15) is 0 Å². The second kappa shape index (κ2) is 26.0. The molecule has 0 rings (SSSR count). The number of aliphatic hydroxyl groups excluding tert-OH is 1. The predicted octanol–water partition coefficient (Wildman–Crippen LogP) is 8.30. The number of rotatable bonds is 26. The lowest BCUT2D eigenvalue weighted by Crippen LogP contribution is -2.25. The highest BCUT2D eigenvalue weighted by Crippen LogP contribution is 2.15. The Bertz CT molecular complexity index is 477. The van der Waals surface area contributed by atoms with Gasteiger partial charge in [-0.15, -0.1) is 0 Å². The van der Waals surface area contributed by atoms with Crippen LogP contribution in [0.4, 0.5) is 0 Å². The number of carbonyl (C=O) groups excluding carboxylic acids is 2. The zero-order valence-electron chi connectivity index (χ0n) is 23.5. The highest BCUT2D eigenvalue weighted by Gasteiger charge is 2.12. The minimum atomic E-state index is -0.951. The average molecular weight is 499 g/mol. The predicted molar refractivity (Wildman–Crippen MR) is 145 cm³/mol. The van der Waals surface area contributed by atoms with Gasteiger partial charge >= 0.3 is 11.9 Å². The van der Waals surface area contributed by atoms with Crippen molar-refractivity contribution in [2.24, 2.45) is 5.92 Å². The summed E-state index contributed by atoms with van der Waals surface area (Å²) in [6.45, 7) is 6.55. The molecule has 0 aliphatic carbocycles. The molecule has 0 bridgehead atoms. The van der Waals surface area contributed by atoms with Crippen LogP contribution in [0.3, 0.4) is 0 Å². The lowest BCUT2D eigenvalue weighted by molar-refractivity contribution is -0.152. The molecule has 35 heavy (non-hydrogen) atoms. The molecule has 5 nitrogen and oxygen atoms in total. The third kappa shape index (κ3) is 27.3. The van der Waals surface area contributed by atoms with Crippen molar-refractivity contribution < 1.29 is 24.2 Å². The van der Waals surface area contributed by atoms with E-state index in [9.17, 15) is 14.7 Å². The van der Waals surface area contributed by atoms with Crippen LogP contribution < -0.4 is 0 Å². The van der Waals surface area contributed by atoms with Gasteiger partial charge in [0.2, 0.25) is 0 Å². The average Bonchev–Trinajstić information content (AvgIpc) is 2.83. The Balaban J connectivity index is 3.37. The molecule has 0 saturated heterocycles. The maximum absolute atomic E-state index is 11.8. The highest BCUT2D eigenvalue weighted by molar-refractivity contribution is 5.69. The second-order valence-corrected chi connectivity index (χ2v) is 10.7. The highest BCUT2D eigenvalue weighted by atomic mass is 16.6. The van der Waals surface area contributed by atoms with Crippen molar-refractivity contribution in [2.45, 2.75) is 162 Å². The SMILES string of the molecule is CCCCCCCC(=O)OC[C@H](O)COC(=O)CCCCCCCCCCCCCCCC(C)C. The van der Waals surface area contributed by atoms with E-state index < -0.39 is 6.10 Å². The molecular formula is C30H58O5. The van der Waals surface area contributed by atoms with Crippen molar-refractivity contribution in [2.75, 3.05) is 13.2 Å². The Morgan fingerprint density at radius 2 is 0.914 bits per heavy atom. The first-order chi connectivity index (χ1) is 17.0. The third-order valence-electron chi connectivity index (χ3n) is 6.52. The molecule has 1 atom stereocenters. The molecule has 0 heterocycles. The fourth-order valence-electron chi connectivity index (χ4n) is 4.21. The van der Waals surface area contributed by atoms with Crippen LogP contribution in [-0.2, 0) is 19.1 Å². The van der Waals surface area contributed by atoms with Crippen molar-refractivity contribution in [3.05, 3.63) is 0 Å². The maximum Gasteiger partial charge on any atom is 0.305 e. The van der Waals surface area contributed by atoms with E-state index in [1.165, 1.54) is 89.9 Å². The van der Waals surface area contributed by atoms with E-state index in [2.05, 4.69) is 20.8 Å². The third-order valence-corrected chi connectivity index (χ3v) is 6.52. The molecule has 0 amide bonds. The van der Waals surface area contributed by atoms with Crippen LogP contribution in [-0.4, -0.2) is 36.4 Å². The molecular weight excluding hydrogens is 440 g/mol. The summed E-state index contributed by atoms with van der Waals surface area (Å²) in [6, 6.07) is 0. The van der Waals surface area contributed by atoms with E-state index in [-0.39, 0.29) is 25.2 Å². The van der Waals surface area contributed by atoms with Crippen LogP contribution in [0.1, 0.15) is 156 Å². The van der Waals surface area contributed by atoms with Gasteiger partial charge in [-0.25, -0.2) is 0 Å². The number of unbranched alkanes of at least 4 members (excludes halogenated alkanes) is 16. The Kier molecular flexibility index (Phi) is 25.2. The minimum absolute atomic E-state index is 0.111. The zero-order chi connectivity index (χ0) is 26.0. The standard InChI is InChI=1S/C30H58O5/c1-4-5-6-16-20-23-29(32)34-25-28(31)26-35-30(33)24-21-18-15-13-11-9-7-8-10-12-14-17-19-22-27(2)3/h27-28,31H,4-26H2,1-3H3/t28-/m0/s1. The van der Waals surface area contributed by atoms with Gasteiger partial charge < -0.3 is 14.6 Å². The van der Waals surface area contributed by atoms with Crippen molar-refractivity contribution in [3.8, 4) is 0 Å². The van der Waals surface area contributed by atoms with Gasteiger partial charge in [-0.1, -0.05) is 130 Å². The summed E-state index contributed by atoms with van der Waals surface area (Å²) in [6.07, 6.45) is 23.2. The number of aliphatic hydroxyl groups is 1. The van der Waals surface area contributed by atoms with Gasteiger partial charge in [0, 0.05) is 12.8 Å². The molecule has 0 aliphatic heterocycles. The Labute approximate surface area is 217 Å². The molecule has 5 heteroatoms. The largest absolute Gasteiger partial charge is 0.463 e. The number of ether oxygens (including phenoxy) is 2. The summed E-state index contributed by atoms with van der Waals surface area (Å²) in [5.41, 5.74) is 0. The second-order valence-electron chi connectivity index (χ2n) is 10.7. The number of carbonyl (C=O) groups is 2. The van der Waals surface area contributed by atoms with Crippen molar-refractivity contribution >= 4 is 11.9 Å². The lowest BCUT2D eigenvalue weighted by Gasteiger charge is -2.12. The molecule has 1 N–H and O–H groups in total. The molecule has 0 aromatic rings. The lowest BCUT2D eigenvalue weighted by atomic mass is 10.0. The van der Waals surface area contributed by atoms with E-state index in [4.69, 9.17) is 9.47 Å². The Morgan fingerprint density at radius 3 is 1.29 bits per heavy atom. The van der Waals surface area contributed by atoms with E-state index in [0.717, 1.165) is 38.0 Å². The summed E-state index contributed by atoms with van der Waals surface area (Å²) >= 11 is 0. The van der Waals surface area contributed by atoms with Crippen molar-refractivity contribution in [3.63, 3.8) is 0 Å². The first kappa shape index (κ1) is 33.9. The van der Waals surface area contributed by atoms with Crippen LogP contribution in [0.25, 0.3) is 0 Å². The molecule has 0 saturated carbocycles. The number of esters is 2. The Hall–Kier alpha value is -1.10. The fourth-order valence-corrected chi connectivity index (χ4v) is 4.21. The molecule has 0 spiro atoms. The van der Waals surface area contributed by atoms with E-state index >= 15 is 0 Å². The van der Waals surface area contributed by atoms with E-state index in [1.54, 1.807) is 0 Å². The summed E-state index contributed by atoms with van der Waals surface area (Å²) < 4.78 is 10.2. The van der Waals surface area contributed by atoms with Gasteiger partial charge in [0.1, 0.15) is 19.3 Å². The number of hydrogen-bond donors (Lipinski definition) is 1. The van der Waals surface area contributed by atoms with E-state index in [0.29, 0.717) is 12.8 Å². The first-order valence-electron chi connectivity index (χ1n) is 14.9. The molecule has 0 aromatic carbocycles. The molecule has 0 radical (unpaired) electrons. The topological polar surface area (TPSA) is 72.8 Å². The fraction of sp³-hybridized carbons (Fsp3) is 0.933. The summed E-state index contributed by atoms with van der Waals surface area (Å²) in [4.78, 5) is 23.5. The summed E-state index contributed by atoms with van der Waals surface area (Å²) in [5, 5.41) is 9.85. The quantitative estimate of drug-likeness (QED) is 0.0959. The summed E-state index contributed by atoms with van der Waals surface area (Å²) in [7, 11) is 0. The molecule has 0 fully saturated rings. The van der Waals surface area contributed by atoms with Crippen LogP contribution in [0.5, 0.6) is 0 Å². The van der Waals surface area contributed by atoms with Gasteiger partial charge in [0.25, 0.3) is 0 Å². The maximum atomic E-state index is 11.8. The van der Waals surface area contributed by atoms with Gasteiger partial charge in [-0.3, -0.25) is 9.59 Å². The van der Waals surface area contributed by atoms with Crippen molar-refractivity contribution in [1.29, 1.82) is 0 Å². The van der Waals surface area contributed by atoms with Crippen LogP contribution in [0, 0.1) is 5.92 Å². The van der Waals surface area contributed by atoms with Crippen molar-refractivity contribution in [1.82, 2.24) is 0 Å². The van der Waals surface area contributed by atoms with Crippen LogP contribution >= 0.6 is 0 Å². The van der Waals surface area contributed by atoms with Crippen LogP contribution in [0.2, 0.25) is 0 Å². The normalized spacial score (nSPS) is 12.1. The number of hydrogen-bond acceptors (Lipinski definition) is 5.